The fraction of sp³-hybridized carbons (Fsp3) is 0.867. The molecule has 0 aromatic heterocycles. The molecule has 0 aliphatic carbocycles. The number of aliphatic carboxylic acids is 1. The van der Waals surface area contributed by atoms with Gasteiger partial charge in [0.15, 0.2) is 0 Å². The topological polar surface area (TPSA) is 54.4 Å². The molecule has 0 spiro atoms. The molecule has 0 bridgehead atoms. The second-order valence-corrected chi connectivity index (χ2v) is 5.19. The maximum Gasteiger partial charge on any atom is 0.372 e. The molecule has 3 nitrogen and oxygen atoms in total. The number of hydrogen-bond donors (Lipinski definition) is 1. The second-order valence-electron chi connectivity index (χ2n) is 5.19. The SMILES string of the molecule is CCCCCCCCCCCC(C)C(=O)C(=O)O. The van der Waals surface area contributed by atoms with Crippen LogP contribution in [0.15, 0.2) is 0 Å². The quantitative estimate of drug-likeness (QED) is 0.420. The minimum absolute atomic E-state index is 0.327. The van der Waals surface area contributed by atoms with E-state index in [1.807, 2.05) is 0 Å². The summed E-state index contributed by atoms with van der Waals surface area (Å²) in [5.41, 5.74) is 0. The van der Waals surface area contributed by atoms with Crippen LogP contribution in [0, 0.1) is 5.92 Å². The van der Waals surface area contributed by atoms with Crippen LogP contribution in [0.3, 0.4) is 0 Å². The first kappa shape index (κ1) is 17.1. The lowest BCUT2D eigenvalue weighted by Gasteiger charge is -2.07. The molecule has 0 aliphatic rings. The van der Waals surface area contributed by atoms with E-state index in [-0.39, 0.29) is 5.92 Å². The van der Waals surface area contributed by atoms with Crippen molar-refractivity contribution in [2.45, 2.75) is 78.1 Å². The van der Waals surface area contributed by atoms with Crippen LogP contribution in [0.1, 0.15) is 78.1 Å². The molecule has 1 atom stereocenters. The first-order valence-electron chi connectivity index (χ1n) is 7.36. The average Bonchev–Trinajstić information content (AvgIpc) is 2.35. The molecule has 1 N–H and O–H groups in total. The molecule has 0 radical (unpaired) electrons. The third-order valence-electron chi connectivity index (χ3n) is 3.40. The van der Waals surface area contributed by atoms with Crippen molar-refractivity contribution in [2.75, 3.05) is 0 Å². The highest BCUT2D eigenvalue weighted by molar-refractivity contribution is 6.33. The van der Waals surface area contributed by atoms with Crippen LogP contribution in [-0.4, -0.2) is 16.9 Å². The molecule has 0 amide bonds. The Kier molecular flexibility index (Phi) is 10.7. The fourth-order valence-electron chi connectivity index (χ4n) is 2.10. The number of carboxylic acids is 1. The lowest BCUT2D eigenvalue weighted by atomic mass is 9.98. The number of carbonyl (C=O) groups excluding carboxylic acids is 1. The summed E-state index contributed by atoms with van der Waals surface area (Å²) in [6.45, 7) is 3.93. The zero-order valence-electron chi connectivity index (χ0n) is 11.9. The van der Waals surface area contributed by atoms with Crippen LogP contribution >= 0.6 is 0 Å². The molecular weight excluding hydrogens is 228 g/mol. The van der Waals surface area contributed by atoms with Crippen molar-refractivity contribution in [3.8, 4) is 0 Å². The Morgan fingerprint density at radius 2 is 1.33 bits per heavy atom. The van der Waals surface area contributed by atoms with Gasteiger partial charge < -0.3 is 5.11 Å². The van der Waals surface area contributed by atoms with Gasteiger partial charge >= 0.3 is 5.97 Å². The van der Waals surface area contributed by atoms with Crippen LogP contribution in [0.2, 0.25) is 0 Å². The van der Waals surface area contributed by atoms with Gasteiger partial charge in [-0.05, 0) is 6.42 Å². The molecule has 0 fully saturated rings. The molecular formula is C15H28O3. The number of Topliss-reactive ketones (excluding diaryl/α,β-unsaturated/α-hetero) is 1. The van der Waals surface area contributed by atoms with Crippen molar-refractivity contribution in [1.29, 1.82) is 0 Å². The van der Waals surface area contributed by atoms with Crippen molar-refractivity contribution < 1.29 is 14.7 Å². The lowest BCUT2D eigenvalue weighted by Crippen LogP contribution is -2.20. The molecule has 0 rings (SSSR count). The number of carbonyl (C=O) groups is 2. The Morgan fingerprint density at radius 3 is 1.78 bits per heavy atom. The molecule has 18 heavy (non-hydrogen) atoms. The van der Waals surface area contributed by atoms with Crippen LogP contribution in [-0.2, 0) is 9.59 Å². The van der Waals surface area contributed by atoms with Crippen molar-refractivity contribution in [2.24, 2.45) is 5.92 Å². The molecule has 3 heteroatoms. The minimum Gasteiger partial charge on any atom is -0.475 e. The first-order valence-corrected chi connectivity index (χ1v) is 7.36. The molecule has 0 aromatic carbocycles. The van der Waals surface area contributed by atoms with E-state index < -0.39 is 11.8 Å². The van der Waals surface area contributed by atoms with Gasteiger partial charge in [-0.3, -0.25) is 4.79 Å². The molecule has 0 heterocycles. The van der Waals surface area contributed by atoms with Gasteiger partial charge in [0.1, 0.15) is 0 Å². The maximum atomic E-state index is 11.1. The summed E-state index contributed by atoms with van der Waals surface area (Å²) in [6, 6.07) is 0. The van der Waals surface area contributed by atoms with Gasteiger partial charge in [-0.25, -0.2) is 4.79 Å². The lowest BCUT2D eigenvalue weighted by molar-refractivity contribution is -0.150. The standard InChI is InChI=1S/C15H28O3/c1-3-4-5-6-7-8-9-10-11-12-13(2)14(16)15(17)18/h13H,3-12H2,1-2H3,(H,17,18). The summed E-state index contributed by atoms with van der Waals surface area (Å²) in [4.78, 5) is 21.6. The Morgan fingerprint density at radius 1 is 0.889 bits per heavy atom. The van der Waals surface area contributed by atoms with E-state index in [1.54, 1.807) is 6.92 Å². The summed E-state index contributed by atoms with van der Waals surface area (Å²) >= 11 is 0. The van der Waals surface area contributed by atoms with Gasteiger partial charge in [-0.1, -0.05) is 71.6 Å². The molecule has 0 saturated heterocycles. The zero-order chi connectivity index (χ0) is 13.8. The van der Waals surface area contributed by atoms with Crippen molar-refractivity contribution in [1.82, 2.24) is 0 Å². The Bertz CT molecular complexity index is 236. The van der Waals surface area contributed by atoms with Gasteiger partial charge in [-0.15, -0.1) is 0 Å². The molecule has 1 unspecified atom stereocenters. The van der Waals surface area contributed by atoms with E-state index in [1.165, 1.54) is 44.9 Å². The van der Waals surface area contributed by atoms with Crippen molar-refractivity contribution >= 4 is 11.8 Å². The molecule has 0 aromatic rings. The summed E-state index contributed by atoms with van der Waals surface area (Å²) < 4.78 is 0. The number of unbranched alkanes of at least 4 members (excludes halogenated alkanes) is 8. The molecule has 0 aliphatic heterocycles. The third kappa shape index (κ3) is 9.20. The highest BCUT2D eigenvalue weighted by atomic mass is 16.4. The number of hydrogen-bond acceptors (Lipinski definition) is 2. The average molecular weight is 256 g/mol. The van der Waals surface area contributed by atoms with Gasteiger partial charge in [0.05, 0.1) is 0 Å². The zero-order valence-corrected chi connectivity index (χ0v) is 11.9. The second kappa shape index (κ2) is 11.2. The van der Waals surface area contributed by atoms with Crippen LogP contribution in [0.4, 0.5) is 0 Å². The van der Waals surface area contributed by atoms with E-state index >= 15 is 0 Å². The van der Waals surface area contributed by atoms with E-state index in [4.69, 9.17) is 5.11 Å². The summed E-state index contributed by atoms with van der Waals surface area (Å²) in [5, 5.41) is 8.55. The normalized spacial score (nSPS) is 12.3. The highest BCUT2D eigenvalue weighted by Gasteiger charge is 2.19. The fourth-order valence-corrected chi connectivity index (χ4v) is 2.10. The van der Waals surface area contributed by atoms with Crippen LogP contribution < -0.4 is 0 Å². The number of rotatable bonds is 12. The predicted octanol–water partition coefficient (Wildman–Crippen LogP) is 4.20. The van der Waals surface area contributed by atoms with Crippen LogP contribution in [0.25, 0.3) is 0 Å². The minimum atomic E-state index is -1.29. The van der Waals surface area contributed by atoms with E-state index in [9.17, 15) is 9.59 Å². The van der Waals surface area contributed by atoms with E-state index in [0.29, 0.717) is 6.42 Å². The monoisotopic (exact) mass is 256 g/mol. The smallest absolute Gasteiger partial charge is 0.372 e. The third-order valence-corrected chi connectivity index (χ3v) is 3.40. The first-order chi connectivity index (χ1) is 8.59. The Balaban J connectivity index is 3.30. The number of carboxylic acid groups (broad SMARTS) is 1. The van der Waals surface area contributed by atoms with Gasteiger partial charge in [-0.2, -0.15) is 0 Å². The highest BCUT2D eigenvalue weighted by Crippen LogP contribution is 2.14. The van der Waals surface area contributed by atoms with Gasteiger partial charge in [0.2, 0.25) is 5.78 Å². The number of ketones is 1. The van der Waals surface area contributed by atoms with Gasteiger partial charge in [0, 0.05) is 5.92 Å². The summed E-state index contributed by atoms with van der Waals surface area (Å²) in [6.07, 6.45) is 11.9. The molecule has 0 saturated carbocycles. The van der Waals surface area contributed by atoms with Crippen molar-refractivity contribution in [3.63, 3.8) is 0 Å². The summed E-state index contributed by atoms with van der Waals surface area (Å²) in [5.74, 6) is -2.26. The van der Waals surface area contributed by atoms with Crippen molar-refractivity contribution in [3.05, 3.63) is 0 Å². The Hall–Kier alpha value is -0.860. The summed E-state index contributed by atoms with van der Waals surface area (Å²) in [7, 11) is 0. The van der Waals surface area contributed by atoms with E-state index in [2.05, 4.69) is 6.92 Å². The Labute approximate surface area is 111 Å². The maximum absolute atomic E-state index is 11.1. The predicted molar refractivity (Wildman–Crippen MR) is 73.7 cm³/mol. The van der Waals surface area contributed by atoms with E-state index in [0.717, 1.165) is 12.8 Å². The van der Waals surface area contributed by atoms with Gasteiger partial charge in [0.25, 0.3) is 0 Å². The van der Waals surface area contributed by atoms with Crippen LogP contribution in [0.5, 0.6) is 0 Å². The largest absolute Gasteiger partial charge is 0.475 e. The molecule has 106 valence electrons.